The van der Waals surface area contributed by atoms with Gasteiger partial charge in [0.1, 0.15) is 0 Å². The zero-order chi connectivity index (χ0) is 8.81. The summed E-state index contributed by atoms with van der Waals surface area (Å²) in [6.45, 7) is 2.57. The highest BCUT2D eigenvalue weighted by Crippen LogP contribution is 2.05. The Morgan fingerprint density at radius 1 is 1.33 bits per heavy atom. The minimum atomic E-state index is 0.645. The van der Waals surface area contributed by atoms with Gasteiger partial charge in [-0.3, -0.25) is 4.42 Å². The minimum Gasteiger partial charge on any atom is -0.560 e. The molecule has 1 rings (SSSR count). The minimum absolute atomic E-state index is 0.645. The fourth-order valence-corrected chi connectivity index (χ4v) is 0.815. The summed E-state index contributed by atoms with van der Waals surface area (Å²) in [6, 6.07) is 0. The Bertz CT molecular complexity index is 239. The summed E-state index contributed by atoms with van der Waals surface area (Å²) in [7, 11) is 1.64. The van der Waals surface area contributed by atoms with Crippen LogP contribution in [0, 0.1) is 6.26 Å². The van der Waals surface area contributed by atoms with Gasteiger partial charge in [0.05, 0.1) is 6.61 Å². The molecule has 0 radical (unpaired) electrons. The lowest BCUT2D eigenvalue weighted by Gasteiger charge is -2.06. The number of allylic oxidation sites excluding steroid dienone is 5. The molecule has 0 aliphatic heterocycles. The summed E-state index contributed by atoms with van der Waals surface area (Å²) in [5.74, 6) is 0.844. The van der Waals surface area contributed by atoms with Crippen molar-refractivity contribution in [2.75, 3.05) is 13.7 Å². The fourth-order valence-electron chi connectivity index (χ4n) is 0.815. The van der Waals surface area contributed by atoms with Crippen molar-refractivity contribution < 1.29 is 9.16 Å². The van der Waals surface area contributed by atoms with Gasteiger partial charge < -0.3 is 4.74 Å². The van der Waals surface area contributed by atoms with Crippen LogP contribution in [-0.4, -0.2) is 19.5 Å². The van der Waals surface area contributed by atoms with Crippen molar-refractivity contribution >= 4 is 5.78 Å². The van der Waals surface area contributed by atoms with Gasteiger partial charge in [-0.1, -0.05) is 0 Å². The zero-order valence-corrected chi connectivity index (χ0v) is 7.33. The highest BCUT2D eigenvalue weighted by atomic mass is 16.5. The number of hydrogen-bond donors (Lipinski definition) is 0. The van der Waals surface area contributed by atoms with E-state index in [1.54, 1.807) is 7.11 Å². The van der Waals surface area contributed by atoms with Crippen molar-refractivity contribution in [3.63, 3.8) is 0 Å². The zero-order valence-electron chi connectivity index (χ0n) is 7.33. The first-order valence-corrected chi connectivity index (χ1v) is 3.88. The van der Waals surface area contributed by atoms with Crippen LogP contribution in [0.4, 0.5) is 0 Å². The lowest BCUT2D eigenvalue weighted by Crippen LogP contribution is -1.96. The Morgan fingerprint density at radius 3 is 2.50 bits per heavy atom. The largest absolute Gasteiger partial charge is 0.560 e. The molecule has 2 nitrogen and oxygen atoms in total. The molecular weight excluding hydrogens is 152 g/mol. The van der Waals surface area contributed by atoms with Gasteiger partial charge in [0, 0.05) is 6.26 Å². The quantitative estimate of drug-likeness (QED) is 0.344. The molecule has 0 aromatic carbocycles. The van der Waals surface area contributed by atoms with Crippen molar-refractivity contribution in [3.05, 3.63) is 36.1 Å². The van der Waals surface area contributed by atoms with E-state index < -0.39 is 0 Å². The predicted octanol–water partition coefficient (Wildman–Crippen LogP) is 1.57. The van der Waals surface area contributed by atoms with Crippen LogP contribution in [0.15, 0.2) is 29.9 Å². The van der Waals surface area contributed by atoms with Crippen LogP contribution >= 0.6 is 0 Å². The van der Waals surface area contributed by atoms with Crippen molar-refractivity contribution in [2.45, 2.75) is 6.92 Å². The van der Waals surface area contributed by atoms with Gasteiger partial charge in [-0.25, -0.2) is 0 Å². The highest BCUT2D eigenvalue weighted by Gasteiger charge is 1.98. The molecule has 0 saturated heterocycles. The Balaban J connectivity index is 2.60. The second-order valence-electron chi connectivity index (χ2n) is 2.26. The first-order valence-electron chi connectivity index (χ1n) is 3.88. The van der Waals surface area contributed by atoms with E-state index >= 15 is 0 Å². The average Bonchev–Trinajstić information content (AvgIpc) is 2.15. The molecule has 12 heavy (non-hydrogen) atoms. The summed E-state index contributed by atoms with van der Waals surface area (Å²) in [6.07, 6.45) is 10.3. The van der Waals surface area contributed by atoms with E-state index in [4.69, 9.17) is 9.16 Å². The maximum Gasteiger partial charge on any atom is 0.319 e. The van der Waals surface area contributed by atoms with Crippen molar-refractivity contribution in [2.24, 2.45) is 0 Å². The Labute approximate surface area is 72.5 Å². The summed E-state index contributed by atoms with van der Waals surface area (Å²) in [5.41, 5.74) is 0.928. The van der Waals surface area contributed by atoms with Crippen LogP contribution in [0.5, 0.6) is 0 Å². The standard InChI is InChI=1S/C10H12O2/c1-3-12-8-9-4-6-10(11-2)7-5-9/h4-7H,3H2,1-2H3. The van der Waals surface area contributed by atoms with Crippen LogP contribution in [0.25, 0.3) is 0 Å². The molecule has 0 spiro atoms. The number of rotatable bonds is 2. The fraction of sp³-hybridized carbons (Fsp3) is 0.300. The van der Waals surface area contributed by atoms with E-state index in [-0.39, 0.29) is 0 Å². The van der Waals surface area contributed by atoms with E-state index in [1.807, 2.05) is 31.2 Å². The van der Waals surface area contributed by atoms with Crippen LogP contribution < -0.4 is 0 Å². The molecular formula is C10H12O2. The Hall–Kier alpha value is -1.31. The lowest BCUT2D eigenvalue weighted by atomic mass is 10.1. The third kappa shape index (κ3) is 2.38. The average molecular weight is 164 g/mol. The van der Waals surface area contributed by atoms with Crippen LogP contribution in [0.3, 0.4) is 0 Å². The molecule has 0 amide bonds. The molecule has 0 saturated carbocycles. The summed E-state index contributed by atoms with van der Waals surface area (Å²) >= 11 is 0. The number of ketones is 1. The molecule has 0 N–H and O–H groups in total. The summed E-state index contributed by atoms with van der Waals surface area (Å²) in [4.78, 5) is 0. The molecule has 2 heteroatoms. The Morgan fingerprint density at radius 2 is 2.00 bits per heavy atom. The van der Waals surface area contributed by atoms with E-state index in [2.05, 4.69) is 6.26 Å². The van der Waals surface area contributed by atoms with Crippen molar-refractivity contribution in [1.82, 2.24) is 0 Å². The van der Waals surface area contributed by atoms with Gasteiger partial charge in [0.15, 0.2) is 0 Å². The monoisotopic (exact) mass is 164 g/mol. The van der Waals surface area contributed by atoms with Crippen LogP contribution in [0.2, 0.25) is 0 Å². The smallest absolute Gasteiger partial charge is 0.319 e. The van der Waals surface area contributed by atoms with E-state index in [1.165, 1.54) is 0 Å². The van der Waals surface area contributed by atoms with Crippen LogP contribution in [0.1, 0.15) is 6.92 Å². The predicted molar refractivity (Wildman–Crippen MR) is 47.6 cm³/mol. The first kappa shape index (κ1) is 8.78. The molecule has 0 unspecified atom stereocenters. The lowest BCUT2D eigenvalue weighted by molar-refractivity contribution is -0.417. The third-order valence-electron chi connectivity index (χ3n) is 1.42. The SMILES string of the molecule is CCO[C-]=C1C=CC(=[O+]C)C=C1. The molecule has 64 valence electrons. The van der Waals surface area contributed by atoms with E-state index in [0.717, 1.165) is 11.4 Å². The molecule has 0 bridgehead atoms. The number of ether oxygens (including phenoxy) is 1. The third-order valence-corrected chi connectivity index (χ3v) is 1.42. The molecule has 0 aromatic heterocycles. The van der Waals surface area contributed by atoms with Gasteiger partial charge in [-0.15, -0.1) is 0 Å². The molecule has 1 aliphatic carbocycles. The number of carbonyl (C=O) groups excluding carboxylic acids is 1. The van der Waals surface area contributed by atoms with Crippen molar-refractivity contribution in [1.29, 1.82) is 0 Å². The molecule has 1 aliphatic rings. The maximum absolute atomic E-state index is 5.01. The van der Waals surface area contributed by atoms with E-state index in [0.29, 0.717) is 6.61 Å². The maximum atomic E-state index is 5.01. The number of hydrogen-bond acceptors (Lipinski definition) is 1. The molecule has 0 aromatic rings. The highest BCUT2D eigenvalue weighted by molar-refractivity contribution is 6.01. The molecule has 0 atom stereocenters. The Kier molecular flexibility index (Phi) is 3.33. The van der Waals surface area contributed by atoms with Gasteiger partial charge in [-0.2, -0.15) is 17.7 Å². The van der Waals surface area contributed by atoms with Gasteiger partial charge >= 0.3 is 5.78 Å². The van der Waals surface area contributed by atoms with Gasteiger partial charge in [-0.05, 0) is 19.1 Å². The normalized spacial score (nSPS) is 14.8. The molecule has 0 heterocycles. The summed E-state index contributed by atoms with van der Waals surface area (Å²) < 4.78 is 10.0. The second kappa shape index (κ2) is 4.54. The van der Waals surface area contributed by atoms with E-state index in [9.17, 15) is 0 Å². The summed E-state index contributed by atoms with van der Waals surface area (Å²) in [5, 5.41) is 0. The van der Waals surface area contributed by atoms with Gasteiger partial charge in [0.25, 0.3) is 7.11 Å². The second-order valence-corrected chi connectivity index (χ2v) is 2.26. The van der Waals surface area contributed by atoms with Crippen molar-refractivity contribution in [3.8, 4) is 0 Å². The van der Waals surface area contributed by atoms with Gasteiger partial charge in [0.2, 0.25) is 0 Å². The van der Waals surface area contributed by atoms with Crippen LogP contribution in [-0.2, 0) is 9.16 Å². The molecule has 0 fully saturated rings. The topological polar surface area (TPSA) is 20.5 Å². The first-order chi connectivity index (χ1) is 5.86.